The minimum atomic E-state index is -1.55. The van der Waals surface area contributed by atoms with Gasteiger partial charge in [-0.05, 0) is 12.8 Å². The molecule has 1 aliphatic carbocycles. The van der Waals surface area contributed by atoms with Crippen LogP contribution in [0.5, 0.6) is 0 Å². The normalized spacial score (nSPS) is 16.8. The molecule has 2 aromatic carbocycles. The molecule has 3 heteroatoms. The van der Waals surface area contributed by atoms with E-state index in [1.165, 1.54) is 0 Å². The van der Waals surface area contributed by atoms with E-state index in [1.54, 1.807) is 48.5 Å². The van der Waals surface area contributed by atoms with E-state index in [9.17, 15) is 14.4 Å². The summed E-state index contributed by atoms with van der Waals surface area (Å²) in [6.45, 7) is 0. The van der Waals surface area contributed by atoms with Crippen LogP contribution in [0.3, 0.4) is 0 Å². The Labute approximate surface area is 135 Å². The van der Waals surface area contributed by atoms with E-state index in [1.807, 2.05) is 12.1 Å². The highest BCUT2D eigenvalue weighted by molar-refractivity contribution is 6.32. The second-order valence-electron chi connectivity index (χ2n) is 5.93. The van der Waals surface area contributed by atoms with Crippen LogP contribution in [-0.4, -0.2) is 17.3 Å². The second-order valence-corrected chi connectivity index (χ2v) is 5.93. The van der Waals surface area contributed by atoms with Crippen LogP contribution in [-0.2, 0) is 4.79 Å². The van der Waals surface area contributed by atoms with E-state index in [4.69, 9.17) is 0 Å². The van der Waals surface area contributed by atoms with Crippen LogP contribution in [0.2, 0.25) is 0 Å². The zero-order chi connectivity index (χ0) is 16.3. The lowest BCUT2D eigenvalue weighted by Crippen LogP contribution is -2.48. The monoisotopic (exact) mass is 306 g/mol. The van der Waals surface area contributed by atoms with Gasteiger partial charge in [0.05, 0.1) is 0 Å². The van der Waals surface area contributed by atoms with Crippen molar-refractivity contribution in [2.24, 2.45) is 5.41 Å². The summed E-state index contributed by atoms with van der Waals surface area (Å²) in [5.74, 6) is -0.972. The minimum Gasteiger partial charge on any atom is -0.298 e. The summed E-state index contributed by atoms with van der Waals surface area (Å²) in [7, 11) is 0. The molecule has 0 atom stereocenters. The molecule has 0 heterocycles. The molecule has 2 aromatic rings. The predicted octanol–water partition coefficient (Wildman–Crippen LogP) is 3.88. The Morgan fingerprint density at radius 3 is 1.65 bits per heavy atom. The van der Waals surface area contributed by atoms with Crippen LogP contribution < -0.4 is 0 Å². The maximum absolute atomic E-state index is 13.1. The molecule has 0 amide bonds. The van der Waals surface area contributed by atoms with Gasteiger partial charge in [0.2, 0.25) is 0 Å². The van der Waals surface area contributed by atoms with Crippen molar-refractivity contribution >= 4 is 17.3 Å². The molecule has 0 bridgehead atoms. The fraction of sp³-hybridized carbons (Fsp3) is 0.250. The number of hydrogen-bond donors (Lipinski definition) is 0. The van der Waals surface area contributed by atoms with Crippen molar-refractivity contribution < 1.29 is 14.4 Å². The van der Waals surface area contributed by atoms with Gasteiger partial charge in [-0.25, -0.2) is 0 Å². The van der Waals surface area contributed by atoms with Crippen LogP contribution >= 0.6 is 0 Å². The number of carbonyl (C=O) groups excluding carboxylic acids is 3. The molecule has 1 aliphatic rings. The lowest BCUT2D eigenvalue weighted by atomic mass is 9.64. The first-order chi connectivity index (χ1) is 11.2. The van der Waals surface area contributed by atoms with Gasteiger partial charge in [0, 0.05) is 17.5 Å². The molecule has 1 saturated carbocycles. The first kappa shape index (κ1) is 15.3. The quantitative estimate of drug-likeness (QED) is 0.636. The third-order valence-corrected chi connectivity index (χ3v) is 4.53. The van der Waals surface area contributed by atoms with Crippen molar-refractivity contribution in [3.8, 4) is 0 Å². The van der Waals surface area contributed by atoms with Gasteiger partial charge >= 0.3 is 0 Å². The van der Waals surface area contributed by atoms with E-state index >= 15 is 0 Å². The molecule has 0 N–H and O–H groups in total. The van der Waals surface area contributed by atoms with Gasteiger partial charge in [-0.15, -0.1) is 0 Å². The van der Waals surface area contributed by atoms with E-state index in [0.29, 0.717) is 24.0 Å². The number of hydrogen-bond acceptors (Lipinski definition) is 3. The summed E-state index contributed by atoms with van der Waals surface area (Å²) in [6.07, 6.45) is 2.04. The Morgan fingerprint density at radius 2 is 1.22 bits per heavy atom. The van der Waals surface area contributed by atoms with Gasteiger partial charge in [0.25, 0.3) is 0 Å². The Bertz CT molecular complexity index is 680. The van der Waals surface area contributed by atoms with Gasteiger partial charge < -0.3 is 0 Å². The van der Waals surface area contributed by atoms with Gasteiger partial charge in [-0.2, -0.15) is 0 Å². The average Bonchev–Trinajstić information content (AvgIpc) is 2.62. The van der Waals surface area contributed by atoms with E-state index in [0.717, 1.165) is 6.42 Å². The fourth-order valence-corrected chi connectivity index (χ4v) is 3.28. The van der Waals surface area contributed by atoms with Crippen molar-refractivity contribution in [2.75, 3.05) is 0 Å². The smallest absolute Gasteiger partial charge is 0.184 e. The SMILES string of the molecule is O=C1CCCCC1(C(=O)c1ccccc1)C(=O)c1ccccc1. The Balaban J connectivity index is 2.10. The molecule has 0 spiro atoms. The summed E-state index contributed by atoms with van der Waals surface area (Å²) in [5, 5.41) is 0. The molecule has 3 nitrogen and oxygen atoms in total. The Kier molecular flexibility index (Phi) is 4.20. The number of benzene rings is 2. The maximum Gasteiger partial charge on any atom is 0.184 e. The average molecular weight is 306 g/mol. The second kappa shape index (κ2) is 6.29. The lowest BCUT2D eigenvalue weighted by Gasteiger charge is -2.33. The first-order valence-electron chi connectivity index (χ1n) is 7.89. The van der Waals surface area contributed by atoms with Gasteiger partial charge in [-0.1, -0.05) is 67.1 Å². The highest BCUT2D eigenvalue weighted by atomic mass is 16.2. The summed E-state index contributed by atoms with van der Waals surface area (Å²) in [4.78, 5) is 38.9. The van der Waals surface area contributed by atoms with Gasteiger partial charge in [-0.3, -0.25) is 14.4 Å². The molecule has 0 unspecified atom stereocenters. The number of ketones is 3. The third kappa shape index (κ3) is 2.63. The zero-order valence-electron chi connectivity index (χ0n) is 12.8. The number of carbonyl (C=O) groups is 3. The molecule has 0 saturated heterocycles. The molecular weight excluding hydrogens is 288 g/mol. The molecule has 0 aliphatic heterocycles. The summed E-state index contributed by atoms with van der Waals surface area (Å²) in [6, 6.07) is 17.3. The summed E-state index contributed by atoms with van der Waals surface area (Å²) in [5.41, 5.74) is -0.708. The predicted molar refractivity (Wildman–Crippen MR) is 87.5 cm³/mol. The number of rotatable bonds is 4. The highest BCUT2D eigenvalue weighted by Crippen LogP contribution is 2.39. The molecule has 23 heavy (non-hydrogen) atoms. The van der Waals surface area contributed by atoms with Crippen molar-refractivity contribution in [1.82, 2.24) is 0 Å². The molecule has 3 rings (SSSR count). The summed E-state index contributed by atoms with van der Waals surface area (Å²) >= 11 is 0. The fourth-order valence-electron chi connectivity index (χ4n) is 3.28. The van der Waals surface area contributed by atoms with E-state index in [-0.39, 0.29) is 23.8 Å². The lowest BCUT2D eigenvalue weighted by molar-refractivity contribution is -0.126. The van der Waals surface area contributed by atoms with Crippen LogP contribution in [0.15, 0.2) is 60.7 Å². The molecule has 116 valence electrons. The van der Waals surface area contributed by atoms with Crippen LogP contribution in [0, 0.1) is 5.41 Å². The van der Waals surface area contributed by atoms with Crippen LogP contribution in [0.4, 0.5) is 0 Å². The summed E-state index contributed by atoms with van der Waals surface area (Å²) < 4.78 is 0. The van der Waals surface area contributed by atoms with Crippen molar-refractivity contribution in [1.29, 1.82) is 0 Å². The molecule has 1 fully saturated rings. The van der Waals surface area contributed by atoms with Crippen molar-refractivity contribution in [3.05, 3.63) is 71.8 Å². The van der Waals surface area contributed by atoms with Gasteiger partial charge in [0.1, 0.15) is 0 Å². The van der Waals surface area contributed by atoms with Gasteiger partial charge in [0.15, 0.2) is 22.8 Å². The van der Waals surface area contributed by atoms with Crippen molar-refractivity contribution in [2.45, 2.75) is 25.7 Å². The molecule has 0 radical (unpaired) electrons. The maximum atomic E-state index is 13.1. The van der Waals surface area contributed by atoms with Crippen LogP contribution in [0.1, 0.15) is 46.4 Å². The minimum absolute atomic E-state index is 0.244. The molecule has 0 aromatic heterocycles. The zero-order valence-corrected chi connectivity index (χ0v) is 12.8. The first-order valence-corrected chi connectivity index (χ1v) is 7.89. The Hall–Kier alpha value is -2.55. The Morgan fingerprint density at radius 1 is 0.739 bits per heavy atom. The van der Waals surface area contributed by atoms with Crippen molar-refractivity contribution in [3.63, 3.8) is 0 Å². The number of Topliss-reactive ketones (excluding diaryl/α,β-unsaturated/α-hetero) is 3. The third-order valence-electron chi connectivity index (χ3n) is 4.53. The largest absolute Gasteiger partial charge is 0.298 e. The topological polar surface area (TPSA) is 51.2 Å². The van der Waals surface area contributed by atoms with Crippen LogP contribution in [0.25, 0.3) is 0 Å². The van der Waals surface area contributed by atoms with E-state index < -0.39 is 5.41 Å². The standard InChI is InChI=1S/C20H18O3/c21-17-13-7-8-14-20(17,18(22)15-9-3-1-4-10-15)19(23)16-11-5-2-6-12-16/h1-6,9-12H,7-8,13-14H2. The molecular formula is C20H18O3. The highest BCUT2D eigenvalue weighted by Gasteiger charge is 2.52. The van der Waals surface area contributed by atoms with E-state index in [2.05, 4.69) is 0 Å².